The lowest BCUT2D eigenvalue weighted by atomic mass is 10.1. The van der Waals surface area contributed by atoms with E-state index in [1.54, 1.807) is 18.2 Å². The number of halogens is 3. The molecule has 0 saturated carbocycles. The third-order valence-corrected chi connectivity index (χ3v) is 3.62. The zero-order valence-electron chi connectivity index (χ0n) is 14.5. The number of esters is 1. The van der Waals surface area contributed by atoms with Crippen LogP contribution in [0.4, 0.5) is 18.9 Å². The number of hydrogen-bond acceptors (Lipinski definition) is 4. The van der Waals surface area contributed by atoms with Crippen molar-refractivity contribution in [1.29, 1.82) is 0 Å². The fourth-order valence-corrected chi connectivity index (χ4v) is 2.16. The molecule has 0 aliphatic carbocycles. The molecule has 1 N–H and O–H groups in total. The molecule has 2 aromatic carbocycles. The minimum atomic E-state index is -4.60. The van der Waals surface area contributed by atoms with Gasteiger partial charge in [-0.3, -0.25) is 9.59 Å². The molecule has 27 heavy (non-hydrogen) atoms. The van der Waals surface area contributed by atoms with E-state index in [9.17, 15) is 27.6 Å². The summed E-state index contributed by atoms with van der Waals surface area (Å²) < 4.78 is 43.1. The number of amides is 1. The first-order chi connectivity index (χ1) is 12.6. The fourth-order valence-electron chi connectivity index (χ4n) is 2.16. The van der Waals surface area contributed by atoms with Crippen molar-refractivity contribution in [2.75, 3.05) is 5.32 Å². The maximum Gasteiger partial charge on any atom is 0.416 e. The van der Waals surface area contributed by atoms with E-state index in [-0.39, 0.29) is 11.3 Å². The van der Waals surface area contributed by atoms with Crippen molar-refractivity contribution in [3.8, 4) is 0 Å². The van der Waals surface area contributed by atoms with Crippen LogP contribution in [0, 0.1) is 0 Å². The van der Waals surface area contributed by atoms with Gasteiger partial charge >= 0.3 is 12.1 Å². The second-order valence-electron chi connectivity index (χ2n) is 5.75. The van der Waals surface area contributed by atoms with Crippen molar-refractivity contribution < 1.29 is 32.3 Å². The molecular formula is C19H16F3NO4. The van der Waals surface area contributed by atoms with Gasteiger partial charge in [-0.25, -0.2) is 4.79 Å². The first kappa shape index (κ1) is 20.2. The van der Waals surface area contributed by atoms with Crippen molar-refractivity contribution in [3.63, 3.8) is 0 Å². The number of alkyl halides is 3. The lowest BCUT2D eigenvalue weighted by molar-refractivity contribution is -0.137. The number of nitrogens with one attached hydrogen (secondary N) is 1. The third-order valence-electron chi connectivity index (χ3n) is 3.62. The SMILES string of the molecule is CC(=O)c1cccc(NC(=O)[C@@H](C)OC(=O)c2cccc(C(F)(F)F)c2)c1. The molecule has 0 heterocycles. The predicted molar refractivity (Wildman–Crippen MR) is 91.4 cm³/mol. The molecule has 142 valence electrons. The van der Waals surface area contributed by atoms with E-state index in [1.807, 2.05) is 0 Å². The molecule has 0 aliphatic rings. The largest absolute Gasteiger partial charge is 0.449 e. The maximum absolute atomic E-state index is 12.7. The van der Waals surface area contributed by atoms with Gasteiger partial charge in [0.1, 0.15) is 0 Å². The van der Waals surface area contributed by atoms with Gasteiger partial charge in [0.2, 0.25) is 0 Å². The normalized spacial score (nSPS) is 12.2. The van der Waals surface area contributed by atoms with Crippen LogP contribution in [-0.4, -0.2) is 23.8 Å². The number of rotatable bonds is 5. The predicted octanol–water partition coefficient (Wildman–Crippen LogP) is 4.09. The van der Waals surface area contributed by atoms with Gasteiger partial charge in [0.25, 0.3) is 5.91 Å². The Morgan fingerprint density at radius 3 is 2.26 bits per heavy atom. The van der Waals surface area contributed by atoms with Crippen molar-refractivity contribution in [2.45, 2.75) is 26.1 Å². The van der Waals surface area contributed by atoms with Crippen LogP contribution in [-0.2, 0) is 15.7 Å². The Morgan fingerprint density at radius 2 is 1.63 bits per heavy atom. The molecule has 0 radical (unpaired) electrons. The first-order valence-corrected chi connectivity index (χ1v) is 7.88. The lowest BCUT2D eigenvalue weighted by Gasteiger charge is -2.14. The average molecular weight is 379 g/mol. The molecule has 0 aliphatic heterocycles. The Kier molecular flexibility index (Phi) is 5.99. The summed E-state index contributed by atoms with van der Waals surface area (Å²) in [7, 11) is 0. The highest BCUT2D eigenvalue weighted by atomic mass is 19.4. The number of ketones is 1. The number of carbonyl (C=O) groups excluding carboxylic acids is 3. The van der Waals surface area contributed by atoms with Crippen LogP contribution in [0.5, 0.6) is 0 Å². The summed E-state index contributed by atoms with van der Waals surface area (Å²) in [5, 5.41) is 2.48. The summed E-state index contributed by atoms with van der Waals surface area (Å²) >= 11 is 0. The van der Waals surface area contributed by atoms with Crippen LogP contribution in [0.2, 0.25) is 0 Å². The Morgan fingerprint density at radius 1 is 1.00 bits per heavy atom. The van der Waals surface area contributed by atoms with Crippen molar-refractivity contribution in [3.05, 3.63) is 65.2 Å². The number of benzene rings is 2. The molecule has 1 atom stereocenters. The second kappa shape index (κ2) is 8.03. The smallest absolute Gasteiger partial charge is 0.416 e. The van der Waals surface area contributed by atoms with E-state index in [4.69, 9.17) is 4.74 Å². The summed E-state index contributed by atoms with van der Waals surface area (Å²) in [4.78, 5) is 35.5. The number of anilines is 1. The molecule has 0 spiro atoms. The number of carbonyl (C=O) groups is 3. The van der Waals surface area contributed by atoms with Gasteiger partial charge in [0.15, 0.2) is 11.9 Å². The minimum Gasteiger partial charge on any atom is -0.449 e. The van der Waals surface area contributed by atoms with Gasteiger partial charge in [-0.1, -0.05) is 18.2 Å². The average Bonchev–Trinajstić information content (AvgIpc) is 2.61. The number of Topliss-reactive ketones (excluding diaryl/α,β-unsaturated/α-hetero) is 1. The topological polar surface area (TPSA) is 72.5 Å². The molecule has 1 amide bonds. The molecule has 5 nitrogen and oxygen atoms in total. The van der Waals surface area contributed by atoms with Gasteiger partial charge < -0.3 is 10.1 Å². The molecule has 2 rings (SSSR count). The standard InChI is InChI=1S/C19H16F3NO4/c1-11(24)13-5-4-8-16(10-13)23-17(25)12(2)27-18(26)14-6-3-7-15(9-14)19(20,21)22/h3-10,12H,1-2H3,(H,23,25)/t12-/m1/s1. The van der Waals surface area contributed by atoms with Gasteiger partial charge in [0.05, 0.1) is 11.1 Å². The van der Waals surface area contributed by atoms with Crippen LogP contribution in [0.1, 0.15) is 40.1 Å². The van der Waals surface area contributed by atoms with E-state index in [2.05, 4.69) is 5.32 Å². The van der Waals surface area contributed by atoms with E-state index in [1.165, 1.54) is 26.0 Å². The summed E-state index contributed by atoms with van der Waals surface area (Å²) in [5.74, 6) is -1.92. The number of hydrogen-bond donors (Lipinski definition) is 1. The molecule has 0 aromatic heterocycles. The van der Waals surface area contributed by atoms with Gasteiger partial charge in [-0.15, -0.1) is 0 Å². The molecule has 2 aromatic rings. The van der Waals surface area contributed by atoms with E-state index in [0.29, 0.717) is 17.3 Å². The zero-order chi connectivity index (χ0) is 20.2. The summed E-state index contributed by atoms with van der Waals surface area (Å²) in [5.41, 5.74) is -0.589. The van der Waals surface area contributed by atoms with Crippen LogP contribution < -0.4 is 5.32 Å². The minimum absolute atomic E-state index is 0.185. The monoisotopic (exact) mass is 379 g/mol. The quantitative estimate of drug-likeness (QED) is 0.627. The highest BCUT2D eigenvalue weighted by Gasteiger charge is 2.31. The van der Waals surface area contributed by atoms with E-state index in [0.717, 1.165) is 12.1 Å². The molecule has 0 fully saturated rings. The Bertz CT molecular complexity index is 877. The van der Waals surface area contributed by atoms with Gasteiger partial charge in [-0.05, 0) is 44.2 Å². The number of ether oxygens (including phenoxy) is 1. The molecule has 0 saturated heterocycles. The fraction of sp³-hybridized carbons (Fsp3) is 0.211. The van der Waals surface area contributed by atoms with Crippen LogP contribution in [0.25, 0.3) is 0 Å². The van der Waals surface area contributed by atoms with Crippen molar-refractivity contribution >= 4 is 23.3 Å². The maximum atomic E-state index is 12.7. The highest BCUT2D eigenvalue weighted by molar-refractivity contribution is 5.99. The molecule has 8 heteroatoms. The van der Waals surface area contributed by atoms with Crippen molar-refractivity contribution in [1.82, 2.24) is 0 Å². The van der Waals surface area contributed by atoms with Crippen molar-refractivity contribution in [2.24, 2.45) is 0 Å². The Hall–Kier alpha value is -3.16. The van der Waals surface area contributed by atoms with Crippen LogP contribution >= 0.6 is 0 Å². The molecular weight excluding hydrogens is 363 g/mol. The Labute approximate surface area is 153 Å². The summed E-state index contributed by atoms with van der Waals surface area (Å²) in [6.07, 6.45) is -5.85. The van der Waals surface area contributed by atoms with E-state index >= 15 is 0 Å². The summed E-state index contributed by atoms with van der Waals surface area (Å²) in [6.45, 7) is 2.66. The van der Waals surface area contributed by atoms with E-state index < -0.39 is 29.7 Å². The van der Waals surface area contributed by atoms with Gasteiger partial charge in [0, 0.05) is 11.3 Å². The summed E-state index contributed by atoms with van der Waals surface area (Å²) in [6, 6.07) is 9.89. The highest BCUT2D eigenvalue weighted by Crippen LogP contribution is 2.29. The first-order valence-electron chi connectivity index (χ1n) is 7.88. The second-order valence-corrected chi connectivity index (χ2v) is 5.75. The molecule has 0 unspecified atom stereocenters. The molecule has 0 bridgehead atoms. The lowest BCUT2D eigenvalue weighted by Crippen LogP contribution is -2.30. The Balaban J connectivity index is 2.05. The third kappa shape index (κ3) is 5.40. The van der Waals surface area contributed by atoms with Gasteiger partial charge in [-0.2, -0.15) is 13.2 Å². The zero-order valence-corrected chi connectivity index (χ0v) is 14.5. The van der Waals surface area contributed by atoms with Crippen LogP contribution in [0.3, 0.4) is 0 Å². The van der Waals surface area contributed by atoms with Crippen LogP contribution in [0.15, 0.2) is 48.5 Å².